The Bertz CT molecular complexity index is 887. The van der Waals surface area contributed by atoms with Gasteiger partial charge in [0.25, 0.3) is 0 Å². The number of benzene rings is 2. The number of ether oxygens (including phenoxy) is 1. The molecule has 23 heavy (non-hydrogen) atoms. The number of hydrogen-bond donors (Lipinski definition) is 0. The minimum Gasteiger partial charge on any atom is -0.497 e. The van der Waals surface area contributed by atoms with Crippen molar-refractivity contribution in [1.82, 2.24) is 9.55 Å². The third-order valence-corrected chi connectivity index (χ3v) is 4.71. The van der Waals surface area contributed by atoms with E-state index in [1.165, 1.54) is 5.56 Å². The average molecular weight is 328 g/mol. The van der Waals surface area contributed by atoms with Gasteiger partial charge in [-0.2, -0.15) is 0 Å². The lowest BCUT2D eigenvalue weighted by Gasteiger charge is -2.30. The monoisotopic (exact) mass is 327 g/mol. The van der Waals surface area contributed by atoms with Gasteiger partial charge in [-0.15, -0.1) is 0 Å². The number of imidazole rings is 1. The molecule has 0 amide bonds. The Labute approximate surface area is 140 Å². The number of rotatable bonds is 2. The van der Waals surface area contributed by atoms with E-state index in [1.807, 2.05) is 18.2 Å². The summed E-state index contributed by atoms with van der Waals surface area (Å²) in [5.74, 6) is 1.84. The zero-order valence-electron chi connectivity index (χ0n) is 13.2. The first-order chi connectivity index (χ1) is 11.2. The van der Waals surface area contributed by atoms with Crippen LogP contribution >= 0.6 is 11.6 Å². The predicted octanol–water partition coefficient (Wildman–Crippen LogP) is 4.55. The normalized spacial score (nSPS) is 14.1. The third-order valence-electron chi connectivity index (χ3n) is 4.41. The van der Waals surface area contributed by atoms with E-state index in [-0.39, 0.29) is 0 Å². The minimum atomic E-state index is 0.704. The molecule has 0 atom stereocenters. The molecule has 1 aliphatic rings. The topological polar surface area (TPSA) is 30.3 Å². The molecule has 118 valence electrons. The second-order valence-electron chi connectivity index (χ2n) is 5.83. The van der Waals surface area contributed by atoms with Crippen LogP contribution in [0, 0.1) is 6.92 Å². The Morgan fingerprint density at radius 1 is 1.17 bits per heavy atom. The molecular formula is C18H18ClN3O. The van der Waals surface area contributed by atoms with Crippen molar-refractivity contribution in [2.75, 3.05) is 18.6 Å². The van der Waals surface area contributed by atoms with Crippen molar-refractivity contribution in [2.45, 2.75) is 19.9 Å². The number of para-hydroxylation sites is 1. The van der Waals surface area contributed by atoms with Gasteiger partial charge in [0, 0.05) is 18.8 Å². The molecule has 0 N–H and O–H groups in total. The van der Waals surface area contributed by atoms with E-state index in [0.717, 1.165) is 47.9 Å². The van der Waals surface area contributed by atoms with Crippen LogP contribution in [0.1, 0.15) is 12.0 Å². The quantitative estimate of drug-likeness (QED) is 0.691. The largest absolute Gasteiger partial charge is 0.497 e. The number of aryl methyl sites for hydroxylation is 2. The van der Waals surface area contributed by atoms with Crippen molar-refractivity contribution in [2.24, 2.45) is 0 Å². The van der Waals surface area contributed by atoms with Crippen LogP contribution in [0.4, 0.5) is 11.6 Å². The average Bonchev–Trinajstić information content (AvgIpc) is 2.95. The Balaban J connectivity index is 1.88. The smallest absolute Gasteiger partial charge is 0.211 e. The fraction of sp³-hybridized carbons (Fsp3) is 0.278. The van der Waals surface area contributed by atoms with Crippen molar-refractivity contribution in [3.05, 3.63) is 47.0 Å². The summed E-state index contributed by atoms with van der Waals surface area (Å²) in [5.41, 5.74) is 4.32. The van der Waals surface area contributed by atoms with Gasteiger partial charge < -0.3 is 14.2 Å². The van der Waals surface area contributed by atoms with E-state index in [1.54, 1.807) is 7.11 Å². The van der Waals surface area contributed by atoms with Crippen LogP contribution in [-0.4, -0.2) is 23.2 Å². The molecule has 2 heterocycles. The first-order valence-corrected chi connectivity index (χ1v) is 8.14. The number of halogens is 1. The number of methoxy groups -OCH3 is 1. The van der Waals surface area contributed by atoms with Crippen molar-refractivity contribution in [3.8, 4) is 5.75 Å². The minimum absolute atomic E-state index is 0.704. The van der Waals surface area contributed by atoms with Crippen LogP contribution in [-0.2, 0) is 6.54 Å². The lowest BCUT2D eigenvalue weighted by Crippen LogP contribution is -2.28. The summed E-state index contributed by atoms with van der Waals surface area (Å²) in [6, 6.07) is 12.1. The highest BCUT2D eigenvalue weighted by Gasteiger charge is 2.24. The fourth-order valence-electron chi connectivity index (χ4n) is 3.30. The molecule has 4 rings (SSSR count). The van der Waals surface area contributed by atoms with Gasteiger partial charge >= 0.3 is 0 Å². The second-order valence-corrected chi connectivity index (χ2v) is 6.24. The number of anilines is 2. The van der Waals surface area contributed by atoms with Crippen LogP contribution in [0.2, 0.25) is 5.02 Å². The standard InChI is InChI=1S/C18H18ClN3O/c1-12-11-13(23-2)7-8-15(12)21-9-4-10-22-16-6-3-5-14(19)17(16)20-18(21)22/h3,5-8,11H,4,9-10H2,1-2H3. The van der Waals surface area contributed by atoms with Crippen molar-refractivity contribution < 1.29 is 4.74 Å². The van der Waals surface area contributed by atoms with Crippen LogP contribution in [0.5, 0.6) is 5.75 Å². The summed E-state index contributed by atoms with van der Waals surface area (Å²) in [5, 5.41) is 0.704. The number of aromatic nitrogens is 2. The van der Waals surface area contributed by atoms with Gasteiger partial charge in [-0.3, -0.25) is 0 Å². The molecule has 0 spiro atoms. The molecule has 1 aliphatic heterocycles. The van der Waals surface area contributed by atoms with Gasteiger partial charge in [0.1, 0.15) is 11.3 Å². The van der Waals surface area contributed by atoms with E-state index in [4.69, 9.17) is 21.3 Å². The SMILES string of the molecule is COc1ccc(N2CCCn3c2nc2c(Cl)cccc23)c(C)c1. The molecule has 0 bridgehead atoms. The molecule has 0 unspecified atom stereocenters. The maximum atomic E-state index is 6.33. The zero-order chi connectivity index (χ0) is 16.0. The maximum Gasteiger partial charge on any atom is 0.211 e. The number of nitrogens with zero attached hydrogens (tertiary/aromatic N) is 3. The third kappa shape index (κ3) is 2.25. The van der Waals surface area contributed by atoms with Gasteiger partial charge in [-0.1, -0.05) is 17.7 Å². The van der Waals surface area contributed by atoms with E-state index in [0.29, 0.717) is 5.02 Å². The van der Waals surface area contributed by atoms with Gasteiger partial charge in [-0.05, 0) is 49.2 Å². The zero-order valence-corrected chi connectivity index (χ0v) is 14.0. The Hall–Kier alpha value is -2.20. The molecule has 0 saturated carbocycles. The molecule has 5 heteroatoms. The lowest BCUT2D eigenvalue weighted by molar-refractivity contribution is 0.414. The molecule has 3 aromatic rings. The highest BCUT2D eigenvalue weighted by atomic mass is 35.5. The highest BCUT2D eigenvalue weighted by molar-refractivity contribution is 6.35. The number of hydrogen-bond acceptors (Lipinski definition) is 3. The molecule has 0 saturated heterocycles. The van der Waals surface area contributed by atoms with Gasteiger partial charge in [0.2, 0.25) is 5.95 Å². The lowest BCUT2D eigenvalue weighted by atomic mass is 10.1. The van der Waals surface area contributed by atoms with E-state index in [9.17, 15) is 0 Å². The summed E-state index contributed by atoms with van der Waals surface area (Å²) >= 11 is 6.33. The van der Waals surface area contributed by atoms with E-state index < -0.39 is 0 Å². The second kappa shape index (κ2) is 5.46. The Kier molecular flexibility index (Phi) is 3.42. The van der Waals surface area contributed by atoms with Crippen LogP contribution in [0.25, 0.3) is 11.0 Å². The molecule has 0 fully saturated rings. The van der Waals surface area contributed by atoms with Crippen molar-refractivity contribution in [3.63, 3.8) is 0 Å². The van der Waals surface area contributed by atoms with E-state index >= 15 is 0 Å². The van der Waals surface area contributed by atoms with Crippen molar-refractivity contribution >= 4 is 34.3 Å². The van der Waals surface area contributed by atoms with Crippen LogP contribution in [0.3, 0.4) is 0 Å². The fourth-order valence-corrected chi connectivity index (χ4v) is 3.51. The summed E-state index contributed by atoms with van der Waals surface area (Å²) in [6.45, 7) is 4.03. The van der Waals surface area contributed by atoms with Crippen LogP contribution < -0.4 is 9.64 Å². The predicted molar refractivity (Wildman–Crippen MR) is 94.1 cm³/mol. The number of fused-ring (bicyclic) bond motifs is 3. The maximum absolute atomic E-state index is 6.33. The van der Waals surface area contributed by atoms with Gasteiger partial charge in [0.15, 0.2) is 0 Å². The molecule has 2 aromatic carbocycles. The summed E-state index contributed by atoms with van der Waals surface area (Å²) < 4.78 is 7.57. The summed E-state index contributed by atoms with van der Waals surface area (Å²) in [7, 11) is 1.69. The highest BCUT2D eigenvalue weighted by Crippen LogP contribution is 2.36. The van der Waals surface area contributed by atoms with Gasteiger partial charge in [-0.25, -0.2) is 4.98 Å². The first kappa shape index (κ1) is 14.4. The Morgan fingerprint density at radius 2 is 2.04 bits per heavy atom. The molecule has 4 nitrogen and oxygen atoms in total. The van der Waals surface area contributed by atoms with Gasteiger partial charge in [0.05, 0.1) is 17.6 Å². The van der Waals surface area contributed by atoms with E-state index in [2.05, 4.69) is 34.6 Å². The molecule has 0 aliphatic carbocycles. The molecular weight excluding hydrogens is 310 g/mol. The Morgan fingerprint density at radius 3 is 2.83 bits per heavy atom. The molecule has 1 aromatic heterocycles. The van der Waals surface area contributed by atoms with Crippen LogP contribution in [0.15, 0.2) is 36.4 Å². The summed E-state index contributed by atoms with van der Waals surface area (Å²) in [6.07, 6.45) is 1.08. The first-order valence-electron chi connectivity index (χ1n) is 7.76. The summed E-state index contributed by atoms with van der Waals surface area (Å²) in [4.78, 5) is 7.09. The molecule has 0 radical (unpaired) electrons. The van der Waals surface area contributed by atoms with Crippen molar-refractivity contribution in [1.29, 1.82) is 0 Å².